The Morgan fingerprint density at radius 1 is 1.23 bits per heavy atom. The summed E-state index contributed by atoms with van der Waals surface area (Å²) < 4.78 is 5.52. The van der Waals surface area contributed by atoms with Crippen LogP contribution in [0.15, 0.2) is 18.2 Å². The third-order valence-corrected chi connectivity index (χ3v) is 4.11. The van der Waals surface area contributed by atoms with Crippen molar-refractivity contribution in [3.8, 4) is 0 Å². The van der Waals surface area contributed by atoms with Crippen LogP contribution in [0.2, 0.25) is 0 Å². The van der Waals surface area contributed by atoms with Crippen molar-refractivity contribution in [3.05, 3.63) is 29.3 Å². The zero-order valence-corrected chi connectivity index (χ0v) is 14.5. The molecule has 4 N–H and O–H groups in total. The summed E-state index contributed by atoms with van der Waals surface area (Å²) in [7, 11) is 0. The van der Waals surface area contributed by atoms with Gasteiger partial charge in [0.05, 0.1) is 6.10 Å². The second-order valence-electron chi connectivity index (χ2n) is 5.30. The van der Waals surface area contributed by atoms with Gasteiger partial charge in [0, 0.05) is 18.8 Å². The second-order valence-corrected chi connectivity index (χ2v) is 6.11. The minimum Gasteiger partial charge on any atom is -0.376 e. The summed E-state index contributed by atoms with van der Waals surface area (Å²) in [5.41, 5.74) is 9.12. The molecule has 0 aromatic heterocycles. The maximum absolute atomic E-state index is 5.52. The van der Waals surface area contributed by atoms with E-state index in [1.54, 1.807) is 0 Å². The van der Waals surface area contributed by atoms with Crippen LogP contribution in [-0.4, -0.2) is 29.5 Å². The van der Waals surface area contributed by atoms with Crippen LogP contribution in [0.3, 0.4) is 0 Å². The molecule has 0 amide bonds. The van der Waals surface area contributed by atoms with Gasteiger partial charge < -0.3 is 15.4 Å². The Morgan fingerprint density at radius 2 is 2.00 bits per heavy atom. The summed E-state index contributed by atoms with van der Waals surface area (Å²) in [5, 5.41) is 7.23. The molecule has 5 nitrogen and oxygen atoms in total. The molecule has 1 aliphatic heterocycles. The molecule has 0 saturated carbocycles. The van der Waals surface area contributed by atoms with Crippen LogP contribution < -0.4 is 21.5 Å². The van der Waals surface area contributed by atoms with Crippen LogP contribution in [0.25, 0.3) is 0 Å². The number of anilines is 1. The van der Waals surface area contributed by atoms with Gasteiger partial charge >= 0.3 is 0 Å². The Bertz CT molecular complexity index is 544. The summed E-state index contributed by atoms with van der Waals surface area (Å²) in [6, 6.07) is 6.05. The maximum atomic E-state index is 5.52. The first-order valence-electron chi connectivity index (χ1n) is 7.35. The van der Waals surface area contributed by atoms with Crippen molar-refractivity contribution in [2.45, 2.75) is 32.8 Å². The fourth-order valence-corrected chi connectivity index (χ4v) is 2.51. The number of benzene rings is 1. The average Bonchev–Trinajstić information content (AvgIpc) is 3.01. The number of thiocarbonyl (C=S) groups is 2. The van der Waals surface area contributed by atoms with E-state index in [1.165, 1.54) is 11.1 Å². The average molecular weight is 339 g/mol. The van der Waals surface area contributed by atoms with Crippen molar-refractivity contribution in [3.63, 3.8) is 0 Å². The molecule has 120 valence electrons. The van der Waals surface area contributed by atoms with Crippen LogP contribution >= 0.6 is 24.4 Å². The van der Waals surface area contributed by atoms with E-state index in [0.29, 0.717) is 16.8 Å². The molecule has 1 aromatic rings. The molecule has 1 aliphatic rings. The molecule has 1 fully saturated rings. The molecule has 0 spiro atoms. The molecule has 0 bridgehead atoms. The van der Waals surface area contributed by atoms with Crippen molar-refractivity contribution in [1.82, 2.24) is 16.2 Å². The number of hydrogen-bond donors (Lipinski definition) is 4. The largest absolute Gasteiger partial charge is 0.376 e. The lowest BCUT2D eigenvalue weighted by Crippen LogP contribution is -2.49. The first-order chi connectivity index (χ1) is 10.6. The molecule has 1 heterocycles. The number of hydrazine groups is 1. The topological polar surface area (TPSA) is 57.3 Å². The number of aryl methyl sites for hydroxylation is 1. The van der Waals surface area contributed by atoms with Crippen LogP contribution in [0, 0.1) is 13.8 Å². The Hall–Kier alpha value is -1.44. The molecule has 22 heavy (non-hydrogen) atoms. The Labute approximate surface area is 142 Å². The molecular formula is C15H22N4OS2. The highest BCUT2D eigenvalue weighted by Gasteiger charge is 2.15. The van der Waals surface area contributed by atoms with Gasteiger partial charge in [-0.15, -0.1) is 0 Å². The molecule has 1 saturated heterocycles. The van der Waals surface area contributed by atoms with Gasteiger partial charge in [-0.05, 0) is 68.3 Å². The lowest BCUT2D eigenvalue weighted by Gasteiger charge is -2.17. The Kier molecular flexibility index (Phi) is 6.35. The third kappa shape index (κ3) is 5.08. The van der Waals surface area contributed by atoms with Crippen molar-refractivity contribution in [1.29, 1.82) is 0 Å². The minimum absolute atomic E-state index is 0.250. The predicted molar refractivity (Wildman–Crippen MR) is 98.0 cm³/mol. The lowest BCUT2D eigenvalue weighted by atomic mass is 10.1. The van der Waals surface area contributed by atoms with Crippen molar-refractivity contribution in [2.75, 3.05) is 18.5 Å². The number of nitrogens with one attached hydrogen (secondary N) is 4. The molecule has 0 unspecified atom stereocenters. The summed E-state index contributed by atoms with van der Waals surface area (Å²) in [6.07, 6.45) is 2.45. The van der Waals surface area contributed by atoms with Crippen LogP contribution in [0.1, 0.15) is 24.0 Å². The normalized spacial score (nSPS) is 16.9. The molecular weight excluding hydrogens is 316 g/mol. The quantitative estimate of drug-likeness (QED) is 0.498. The zero-order chi connectivity index (χ0) is 15.9. The molecule has 0 aliphatic carbocycles. The van der Waals surface area contributed by atoms with E-state index in [9.17, 15) is 0 Å². The lowest BCUT2D eigenvalue weighted by molar-refractivity contribution is 0.114. The molecule has 1 atom stereocenters. The van der Waals surface area contributed by atoms with Gasteiger partial charge in [0.25, 0.3) is 0 Å². The van der Waals surface area contributed by atoms with Gasteiger partial charge in [-0.2, -0.15) is 0 Å². The fourth-order valence-electron chi connectivity index (χ4n) is 2.21. The Balaban J connectivity index is 1.70. The maximum Gasteiger partial charge on any atom is 0.189 e. The molecule has 0 radical (unpaired) electrons. The molecule has 1 aromatic carbocycles. The highest BCUT2D eigenvalue weighted by atomic mass is 32.1. The van der Waals surface area contributed by atoms with E-state index in [4.69, 9.17) is 29.2 Å². The predicted octanol–water partition coefficient (Wildman–Crippen LogP) is 2.15. The minimum atomic E-state index is 0.250. The van der Waals surface area contributed by atoms with E-state index in [0.717, 1.165) is 25.1 Å². The highest BCUT2D eigenvalue weighted by molar-refractivity contribution is 7.80. The molecule has 7 heteroatoms. The first-order valence-corrected chi connectivity index (χ1v) is 8.16. The van der Waals surface area contributed by atoms with Gasteiger partial charge in [-0.25, -0.2) is 0 Å². The van der Waals surface area contributed by atoms with Crippen molar-refractivity contribution < 1.29 is 4.74 Å². The van der Waals surface area contributed by atoms with E-state index < -0.39 is 0 Å². The molecule has 2 rings (SSSR count). The summed E-state index contributed by atoms with van der Waals surface area (Å²) in [5.74, 6) is 0. The number of ether oxygens (including phenoxy) is 1. The standard InChI is InChI=1S/C15H22N4OS2/c1-10-5-3-7-13(11(10)2)17-15(22)19-18-14(21)16-9-12-6-4-8-20-12/h3,5,7,12H,4,6,8-9H2,1-2H3,(H2,16,18,21)(H2,17,19,22)/t12-/m1/s1. The van der Waals surface area contributed by atoms with E-state index in [-0.39, 0.29) is 6.10 Å². The summed E-state index contributed by atoms with van der Waals surface area (Å²) >= 11 is 10.4. The van der Waals surface area contributed by atoms with Gasteiger partial charge in [-0.3, -0.25) is 10.9 Å². The number of rotatable bonds is 3. The SMILES string of the molecule is Cc1cccc(NC(=S)NNC(=S)NC[C@H]2CCCO2)c1C. The number of hydrogen-bond acceptors (Lipinski definition) is 3. The summed E-state index contributed by atoms with van der Waals surface area (Å²) in [6.45, 7) is 5.68. The zero-order valence-electron chi connectivity index (χ0n) is 12.9. The van der Waals surface area contributed by atoms with Crippen LogP contribution in [0.5, 0.6) is 0 Å². The van der Waals surface area contributed by atoms with Gasteiger partial charge in [0.1, 0.15) is 0 Å². The van der Waals surface area contributed by atoms with Gasteiger partial charge in [0.2, 0.25) is 0 Å². The monoisotopic (exact) mass is 338 g/mol. The van der Waals surface area contributed by atoms with Crippen LogP contribution in [0.4, 0.5) is 5.69 Å². The van der Waals surface area contributed by atoms with Crippen molar-refractivity contribution >= 4 is 40.3 Å². The fraction of sp³-hybridized carbons (Fsp3) is 0.467. The third-order valence-electron chi connectivity index (χ3n) is 3.66. The van der Waals surface area contributed by atoms with Crippen molar-refractivity contribution in [2.24, 2.45) is 0 Å². The summed E-state index contributed by atoms with van der Waals surface area (Å²) in [4.78, 5) is 0. The van der Waals surface area contributed by atoms with Gasteiger partial charge in [-0.1, -0.05) is 12.1 Å². The van der Waals surface area contributed by atoms with E-state index >= 15 is 0 Å². The second kappa shape index (κ2) is 8.26. The first kappa shape index (κ1) is 16.9. The van der Waals surface area contributed by atoms with E-state index in [2.05, 4.69) is 41.4 Å². The Morgan fingerprint density at radius 3 is 2.73 bits per heavy atom. The highest BCUT2D eigenvalue weighted by Crippen LogP contribution is 2.17. The van der Waals surface area contributed by atoms with E-state index in [1.807, 2.05) is 12.1 Å². The van der Waals surface area contributed by atoms with Crippen LogP contribution in [-0.2, 0) is 4.74 Å². The van der Waals surface area contributed by atoms with Gasteiger partial charge in [0.15, 0.2) is 10.2 Å². The smallest absolute Gasteiger partial charge is 0.189 e.